The van der Waals surface area contributed by atoms with Gasteiger partial charge in [0.05, 0.1) is 21.3 Å². The Hall–Kier alpha value is -1.05. The Morgan fingerprint density at radius 2 is 1.82 bits per heavy atom. The van der Waals surface area contributed by atoms with Crippen molar-refractivity contribution in [2.45, 2.75) is 19.2 Å². The van der Waals surface area contributed by atoms with E-state index in [9.17, 15) is 8.42 Å². The Labute approximate surface area is 102 Å². The molecule has 6 nitrogen and oxygen atoms in total. The highest BCUT2D eigenvalue weighted by Crippen LogP contribution is 2.30. The summed E-state index contributed by atoms with van der Waals surface area (Å²) in [6.45, 7) is 3.48. The van der Waals surface area contributed by atoms with E-state index in [0.717, 1.165) is 12.7 Å². The molecule has 0 amide bonds. The van der Waals surface area contributed by atoms with Crippen molar-refractivity contribution < 1.29 is 22.2 Å². The van der Waals surface area contributed by atoms with Crippen molar-refractivity contribution in [1.29, 1.82) is 0 Å². The van der Waals surface area contributed by atoms with Crippen molar-refractivity contribution in [1.82, 2.24) is 5.06 Å². The zero-order chi connectivity index (χ0) is 13.2. The third-order valence-corrected chi connectivity index (χ3v) is 4.13. The maximum atomic E-state index is 11.8. The Bertz CT molecular complexity index is 451. The molecule has 1 aliphatic heterocycles. The third kappa shape index (κ3) is 2.46. The minimum Gasteiger partial charge on any atom is -0.496 e. The van der Waals surface area contributed by atoms with Crippen LogP contribution in [0.5, 0.6) is 0 Å². The minimum atomic E-state index is -3.78. The molecule has 0 saturated carbocycles. The van der Waals surface area contributed by atoms with Gasteiger partial charge in [-0.1, -0.05) is 0 Å². The maximum Gasteiger partial charge on any atom is 0.295 e. The first-order valence-corrected chi connectivity index (χ1v) is 6.41. The SMILES string of the molecule is COC1=C(C)C(S(=O)(=O)OC)N(OC)C=C1C. The lowest BCUT2D eigenvalue weighted by Crippen LogP contribution is -2.41. The molecule has 0 aromatic carbocycles. The van der Waals surface area contributed by atoms with E-state index in [1.165, 1.54) is 19.3 Å². The molecule has 0 radical (unpaired) electrons. The van der Waals surface area contributed by atoms with Crippen molar-refractivity contribution in [2.75, 3.05) is 21.3 Å². The van der Waals surface area contributed by atoms with E-state index in [2.05, 4.69) is 4.18 Å². The topological polar surface area (TPSA) is 65.1 Å². The van der Waals surface area contributed by atoms with Crippen LogP contribution in [0.1, 0.15) is 13.8 Å². The number of allylic oxidation sites excluding steroid dienone is 1. The summed E-state index contributed by atoms with van der Waals surface area (Å²) in [7, 11) is 0.231. The smallest absolute Gasteiger partial charge is 0.295 e. The first-order valence-electron chi connectivity index (χ1n) is 4.94. The third-order valence-electron chi connectivity index (χ3n) is 2.56. The molecule has 1 heterocycles. The molecule has 0 N–H and O–H groups in total. The molecule has 17 heavy (non-hydrogen) atoms. The zero-order valence-corrected chi connectivity index (χ0v) is 11.4. The number of ether oxygens (including phenoxy) is 1. The number of hydrogen-bond donors (Lipinski definition) is 0. The minimum absolute atomic E-state index is 0.524. The normalized spacial score (nSPS) is 21.6. The number of nitrogens with zero attached hydrogens (tertiary/aromatic N) is 1. The van der Waals surface area contributed by atoms with Gasteiger partial charge < -0.3 is 4.74 Å². The lowest BCUT2D eigenvalue weighted by Gasteiger charge is -2.32. The highest BCUT2D eigenvalue weighted by atomic mass is 32.2. The Morgan fingerprint density at radius 3 is 2.24 bits per heavy atom. The van der Waals surface area contributed by atoms with Crippen LogP contribution in [0.15, 0.2) is 23.1 Å². The van der Waals surface area contributed by atoms with Gasteiger partial charge in [-0.3, -0.25) is 9.02 Å². The van der Waals surface area contributed by atoms with Gasteiger partial charge in [-0.05, 0) is 13.8 Å². The largest absolute Gasteiger partial charge is 0.496 e. The molecule has 0 bridgehead atoms. The van der Waals surface area contributed by atoms with Crippen LogP contribution in [0, 0.1) is 0 Å². The second-order valence-corrected chi connectivity index (χ2v) is 5.35. The van der Waals surface area contributed by atoms with Gasteiger partial charge >= 0.3 is 0 Å². The fourth-order valence-electron chi connectivity index (χ4n) is 1.84. The van der Waals surface area contributed by atoms with Crippen molar-refractivity contribution in [3.8, 4) is 0 Å². The second kappa shape index (κ2) is 5.07. The number of hydroxylamine groups is 2. The van der Waals surface area contributed by atoms with E-state index in [1.807, 2.05) is 6.92 Å². The molecule has 1 aliphatic rings. The summed E-state index contributed by atoms with van der Waals surface area (Å²) in [6.07, 6.45) is 1.56. The highest BCUT2D eigenvalue weighted by Gasteiger charge is 2.37. The molecule has 98 valence electrons. The van der Waals surface area contributed by atoms with E-state index in [0.29, 0.717) is 11.3 Å². The molecule has 0 aromatic heterocycles. The summed E-state index contributed by atoms with van der Waals surface area (Å²) in [5.74, 6) is 0.531. The first-order chi connectivity index (χ1) is 7.88. The molecule has 1 rings (SSSR count). The lowest BCUT2D eigenvalue weighted by atomic mass is 10.1. The van der Waals surface area contributed by atoms with Crippen LogP contribution in [0.4, 0.5) is 0 Å². The van der Waals surface area contributed by atoms with E-state index < -0.39 is 15.5 Å². The standard InChI is InChI=1S/C10H17NO5S/c1-7-6-11(15-4)10(17(12,13)16-5)8(2)9(7)14-3/h6,10H,1-5H3. The van der Waals surface area contributed by atoms with Gasteiger partial charge in [0.15, 0.2) is 0 Å². The summed E-state index contributed by atoms with van der Waals surface area (Å²) in [6, 6.07) is 0. The van der Waals surface area contributed by atoms with Crippen molar-refractivity contribution >= 4 is 10.1 Å². The summed E-state index contributed by atoms with van der Waals surface area (Å²) in [4.78, 5) is 5.03. The van der Waals surface area contributed by atoms with Crippen LogP contribution < -0.4 is 0 Å². The van der Waals surface area contributed by atoms with Crippen molar-refractivity contribution in [3.05, 3.63) is 23.1 Å². The van der Waals surface area contributed by atoms with Crippen LogP contribution >= 0.6 is 0 Å². The summed E-state index contributed by atoms with van der Waals surface area (Å²) < 4.78 is 33.4. The lowest BCUT2D eigenvalue weighted by molar-refractivity contribution is -0.0962. The summed E-state index contributed by atoms with van der Waals surface area (Å²) in [5, 5.41) is 0.197. The van der Waals surface area contributed by atoms with Crippen LogP contribution in [0.2, 0.25) is 0 Å². The number of methoxy groups -OCH3 is 1. The quantitative estimate of drug-likeness (QED) is 0.705. The van der Waals surface area contributed by atoms with Gasteiger partial charge in [0, 0.05) is 17.3 Å². The summed E-state index contributed by atoms with van der Waals surface area (Å²) >= 11 is 0. The average Bonchev–Trinajstić information content (AvgIpc) is 2.28. The van der Waals surface area contributed by atoms with E-state index >= 15 is 0 Å². The Kier molecular flexibility index (Phi) is 4.18. The van der Waals surface area contributed by atoms with Crippen LogP contribution in [0.3, 0.4) is 0 Å². The second-order valence-electron chi connectivity index (χ2n) is 3.58. The molecule has 1 unspecified atom stereocenters. The molecule has 0 fully saturated rings. The molecule has 0 saturated heterocycles. The maximum absolute atomic E-state index is 11.8. The van der Waals surface area contributed by atoms with Gasteiger partial charge in [0.25, 0.3) is 10.1 Å². The molecular weight excluding hydrogens is 246 g/mol. The molecule has 0 aromatic rings. The number of hydrogen-bond acceptors (Lipinski definition) is 6. The fraction of sp³-hybridized carbons (Fsp3) is 0.600. The van der Waals surface area contributed by atoms with E-state index in [1.54, 1.807) is 13.1 Å². The van der Waals surface area contributed by atoms with Crippen molar-refractivity contribution in [2.24, 2.45) is 0 Å². The van der Waals surface area contributed by atoms with Gasteiger partial charge in [-0.2, -0.15) is 8.42 Å². The molecule has 0 spiro atoms. The Balaban J connectivity index is 3.32. The van der Waals surface area contributed by atoms with Gasteiger partial charge in [-0.25, -0.2) is 5.06 Å². The van der Waals surface area contributed by atoms with Gasteiger partial charge in [0.2, 0.25) is 5.37 Å². The van der Waals surface area contributed by atoms with Crippen LogP contribution in [0.25, 0.3) is 0 Å². The predicted molar refractivity (Wildman–Crippen MR) is 62.0 cm³/mol. The Morgan fingerprint density at radius 1 is 1.24 bits per heavy atom. The van der Waals surface area contributed by atoms with E-state index in [-0.39, 0.29) is 0 Å². The fourth-order valence-corrected chi connectivity index (χ4v) is 2.96. The van der Waals surface area contributed by atoms with Gasteiger partial charge in [0.1, 0.15) is 5.76 Å². The summed E-state index contributed by atoms with van der Waals surface area (Å²) in [5.41, 5.74) is 1.31. The first kappa shape index (κ1) is 14.0. The van der Waals surface area contributed by atoms with E-state index in [4.69, 9.17) is 9.57 Å². The molecule has 7 heteroatoms. The molecule has 0 aliphatic carbocycles. The monoisotopic (exact) mass is 263 g/mol. The molecule has 1 atom stereocenters. The van der Waals surface area contributed by atoms with Crippen molar-refractivity contribution in [3.63, 3.8) is 0 Å². The molecular formula is C10H17NO5S. The zero-order valence-electron chi connectivity index (χ0n) is 10.6. The number of rotatable bonds is 4. The highest BCUT2D eigenvalue weighted by molar-refractivity contribution is 7.87. The average molecular weight is 263 g/mol. The van der Waals surface area contributed by atoms with Crippen LogP contribution in [-0.2, 0) is 23.9 Å². The predicted octanol–water partition coefficient (Wildman–Crippen LogP) is 0.990. The van der Waals surface area contributed by atoms with Gasteiger partial charge in [-0.15, -0.1) is 0 Å². The van der Waals surface area contributed by atoms with Crippen LogP contribution in [-0.4, -0.2) is 40.2 Å².